The minimum absolute atomic E-state index is 0. The van der Waals surface area contributed by atoms with Gasteiger partial charge in [0.25, 0.3) is 0 Å². The summed E-state index contributed by atoms with van der Waals surface area (Å²) in [6, 6.07) is 31.0. The quantitative estimate of drug-likeness (QED) is 0.103. The van der Waals surface area contributed by atoms with Crippen LogP contribution in [0.4, 0.5) is 13.2 Å². The average Bonchev–Trinajstić information content (AvgIpc) is 4.05. The highest BCUT2D eigenvalue weighted by atomic mass is 32.2. The van der Waals surface area contributed by atoms with Crippen LogP contribution >= 0.6 is 58.8 Å². The molecule has 4 heterocycles. The van der Waals surface area contributed by atoms with Gasteiger partial charge in [0.1, 0.15) is 11.5 Å². The molecular formula is C46H29F3O5S6. The molecule has 0 amide bonds. The predicted molar refractivity (Wildman–Crippen MR) is 256 cm³/mol. The molecule has 0 atom stereocenters. The van der Waals surface area contributed by atoms with E-state index < -0.39 is 15.6 Å². The Morgan fingerprint density at radius 2 is 0.850 bits per heavy atom. The van der Waals surface area contributed by atoms with E-state index in [1.54, 1.807) is 34.0 Å². The molecule has 0 saturated carbocycles. The Labute approximate surface area is 362 Å². The average molecular weight is 913 g/mol. The summed E-state index contributed by atoms with van der Waals surface area (Å²) in [5, 5.41) is 43.6. The highest BCUT2D eigenvalue weighted by molar-refractivity contribution is 7.88. The van der Waals surface area contributed by atoms with Crippen LogP contribution in [0.2, 0.25) is 0 Å². The molecule has 300 valence electrons. The summed E-state index contributed by atoms with van der Waals surface area (Å²) >= 11 is 6.18. The van der Waals surface area contributed by atoms with Gasteiger partial charge < -0.3 is 14.4 Å². The molecule has 12 aromatic rings. The topological polar surface area (TPSA) is 83.8 Å². The number of rotatable bonds is 2. The number of benzene rings is 8. The van der Waals surface area contributed by atoms with Gasteiger partial charge in [0.2, 0.25) is 0 Å². The molecule has 0 unspecified atom stereocenters. The van der Waals surface area contributed by atoms with E-state index in [9.17, 15) is 31.8 Å². The molecule has 5 nitrogen and oxygen atoms in total. The SMILES string of the molecule is Cc1cc2c(cc(OS(=O)(=O)C(F)(F)F)c3c2ccc2ccsc23)c2ccc3ccsc3c12.Oc1cc2c(cc(O)c3c2ccc2ccsc23)c2ccc3ccsc3c12.S.[3HH]. The van der Waals surface area contributed by atoms with Gasteiger partial charge >= 0.3 is 15.6 Å². The van der Waals surface area contributed by atoms with Crippen LogP contribution in [0.1, 0.15) is 6.99 Å². The molecule has 0 spiro atoms. The first kappa shape index (κ1) is 38.8. The maximum Gasteiger partial charge on any atom is 0.534 e. The Morgan fingerprint density at radius 3 is 1.28 bits per heavy atom. The number of alkyl halides is 3. The van der Waals surface area contributed by atoms with E-state index in [0.29, 0.717) is 32.4 Å². The Morgan fingerprint density at radius 1 is 0.500 bits per heavy atom. The van der Waals surface area contributed by atoms with Crippen molar-refractivity contribution < 1.29 is 37.4 Å². The minimum atomic E-state index is -5.84. The summed E-state index contributed by atoms with van der Waals surface area (Å²) in [5.74, 6) is 0.261. The summed E-state index contributed by atoms with van der Waals surface area (Å²) in [6.45, 7) is 2.01. The zero-order valence-electron chi connectivity index (χ0n) is 30.8. The van der Waals surface area contributed by atoms with Crippen LogP contribution in [0.3, 0.4) is 0 Å². The number of fused-ring (bicyclic) bond motifs is 18. The van der Waals surface area contributed by atoms with Crippen LogP contribution in [-0.4, -0.2) is 24.1 Å². The molecule has 0 aliphatic rings. The number of hydrogen-bond donors (Lipinski definition) is 2. The molecule has 0 bridgehead atoms. The monoisotopic (exact) mass is 912 g/mol. The Balaban J connectivity index is 0.000000155. The number of phenols is 2. The lowest BCUT2D eigenvalue weighted by molar-refractivity contribution is -0.0499. The lowest BCUT2D eigenvalue weighted by atomic mass is 9.93. The lowest BCUT2D eigenvalue weighted by Crippen LogP contribution is -2.28. The fraction of sp³-hybridized carbons (Fsp3) is 0.0435. The number of aryl methyl sites for hydroxylation is 1. The number of hydrogen-bond acceptors (Lipinski definition) is 9. The van der Waals surface area contributed by atoms with E-state index in [1.807, 2.05) is 95.2 Å². The standard InChI is InChI=1S/C24H13F3O3S3.C22H12O2S2.H2S.H2/c1-12-10-17-16-5-3-14-7-9-32-23(14)21(16)19(30-33(28,29)24(25,26)27)11-18(17)15-4-2-13-6-8-31-22(13)20(12)15;23-17-10-16-14-4-2-12-6-8-26-22(12)20(14)18(24)9-15(16)13-3-1-11-5-7-25-21(11)19(13)17;;/h2-11H,1H3;1-10,23-24H;1H2;1H/i;;;1+2. The van der Waals surface area contributed by atoms with E-state index in [0.717, 1.165) is 89.7 Å². The first-order valence-electron chi connectivity index (χ1n) is 18.1. The summed E-state index contributed by atoms with van der Waals surface area (Å²) in [4.78, 5) is 0. The predicted octanol–water partition coefficient (Wildman–Crippen LogP) is 15.5. The van der Waals surface area contributed by atoms with Crippen molar-refractivity contribution in [3.63, 3.8) is 0 Å². The van der Waals surface area contributed by atoms with Gasteiger partial charge in [-0.15, -0.1) is 45.3 Å². The number of phenolic OH excluding ortho intramolecular Hbond substituents is 2. The second kappa shape index (κ2) is 13.8. The fourth-order valence-corrected chi connectivity index (χ4v) is 12.9. The summed E-state index contributed by atoms with van der Waals surface area (Å²) in [5.41, 5.74) is -4.49. The smallest absolute Gasteiger partial charge is 0.507 e. The van der Waals surface area contributed by atoms with Crippen molar-refractivity contribution in [2.75, 3.05) is 0 Å². The largest absolute Gasteiger partial charge is 0.534 e. The molecule has 14 heteroatoms. The third-order valence-electron chi connectivity index (χ3n) is 11.1. The van der Waals surface area contributed by atoms with Crippen molar-refractivity contribution in [2.45, 2.75) is 12.4 Å². The maximum atomic E-state index is 13.2. The molecule has 0 aliphatic carbocycles. The van der Waals surface area contributed by atoms with Crippen molar-refractivity contribution in [3.05, 3.63) is 124 Å². The molecule has 0 radical (unpaired) electrons. The van der Waals surface area contributed by atoms with Gasteiger partial charge in [-0.2, -0.15) is 35.1 Å². The van der Waals surface area contributed by atoms with E-state index in [2.05, 4.69) is 24.3 Å². The molecule has 0 saturated heterocycles. The first-order chi connectivity index (χ1) is 28.4. The summed E-state index contributed by atoms with van der Waals surface area (Å²) in [6.07, 6.45) is 0. The van der Waals surface area contributed by atoms with Gasteiger partial charge in [0.15, 0.2) is 5.75 Å². The van der Waals surface area contributed by atoms with Crippen LogP contribution in [0.5, 0.6) is 17.2 Å². The van der Waals surface area contributed by atoms with Gasteiger partial charge in [0, 0.05) is 41.8 Å². The number of halogens is 3. The highest BCUT2D eigenvalue weighted by Crippen LogP contribution is 2.48. The normalized spacial score (nSPS) is 12.5. The van der Waals surface area contributed by atoms with E-state index in [4.69, 9.17) is 4.18 Å². The van der Waals surface area contributed by atoms with Gasteiger partial charge in [-0.05, 0) is 141 Å². The third-order valence-corrected chi connectivity index (χ3v) is 15.8. The van der Waals surface area contributed by atoms with Crippen molar-refractivity contribution in [3.8, 4) is 17.2 Å². The van der Waals surface area contributed by atoms with Gasteiger partial charge in [-0.1, -0.05) is 54.6 Å². The zero-order valence-corrected chi connectivity index (χ0v) is 35.9. The minimum Gasteiger partial charge on any atom is -0.507 e. The van der Waals surface area contributed by atoms with Crippen molar-refractivity contribution in [2.24, 2.45) is 0 Å². The van der Waals surface area contributed by atoms with E-state index in [-0.39, 0.29) is 20.7 Å². The molecule has 2 N–H and O–H groups in total. The Bertz CT molecular complexity index is 3770. The molecular weight excluding hydrogens is 882 g/mol. The maximum absolute atomic E-state index is 13.2. The van der Waals surface area contributed by atoms with Crippen LogP contribution in [0, 0.1) is 6.92 Å². The van der Waals surface area contributed by atoms with Crippen molar-refractivity contribution in [1.82, 2.24) is 0 Å². The molecule has 60 heavy (non-hydrogen) atoms. The second-order valence-corrected chi connectivity index (χ2v) is 19.5. The Hall–Kier alpha value is -5.35. The lowest BCUT2D eigenvalue weighted by Gasteiger charge is -2.16. The van der Waals surface area contributed by atoms with E-state index >= 15 is 0 Å². The van der Waals surface area contributed by atoms with Crippen molar-refractivity contribution >= 4 is 174 Å². The third kappa shape index (κ3) is 5.72. The van der Waals surface area contributed by atoms with Crippen LogP contribution in [-0.2, 0) is 10.1 Å². The van der Waals surface area contributed by atoms with E-state index in [1.165, 1.54) is 17.4 Å². The number of thiophene rings is 4. The molecule has 12 rings (SSSR count). The van der Waals surface area contributed by atoms with Crippen LogP contribution in [0.25, 0.3) is 105 Å². The molecule has 0 fully saturated rings. The fourth-order valence-electron chi connectivity index (χ4n) is 8.52. The van der Waals surface area contributed by atoms with Crippen LogP contribution < -0.4 is 4.18 Å². The molecule has 0 aliphatic heterocycles. The molecule has 4 aromatic heterocycles. The zero-order chi connectivity index (χ0) is 40.5. The summed E-state index contributed by atoms with van der Waals surface area (Å²) < 4.78 is 72.3. The summed E-state index contributed by atoms with van der Waals surface area (Å²) in [7, 11) is -5.84. The Kier molecular flexibility index (Phi) is 8.96. The second-order valence-electron chi connectivity index (χ2n) is 14.3. The van der Waals surface area contributed by atoms with Crippen LogP contribution in [0.15, 0.2) is 119 Å². The van der Waals surface area contributed by atoms with Gasteiger partial charge in [-0.3, -0.25) is 0 Å². The van der Waals surface area contributed by atoms with Gasteiger partial charge in [-0.25, -0.2) is 0 Å². The van der Waals surface area contributed by atoms with Gasteiger partial charge in [0.05, 0.1) is 0 Å². The molecule has 8 aromatic carbocycles. The highest BCUT2D eigenvalue weighted by Gasteiger charge is 2.49. The number of aromatic hydroxyl groups is 2. The first-order valence-corrected chi connectivity index (χ1v) is 23.0. The van der Waals surface area contributed by atoms with Crippen molar-refractivity contribution in [1.29, 1.82) is 0 Å².